The van der Waals surface area contributed by atoms with Crippen molar-refractivity contribution in [1.82, 2.24) is 44.9 Å². The number of imidazole rings is 2. The number of carbonyl (C=O) groups is 4. The fourth-order valence-corrected chi connectivity index (χ4v) is 4.58. The third-order valence-electron chi connectivity index (χ3n) is 7.62. The molecule has 0 radical (unpaired) electrons. The van der Waals surface area contributed by atoms with Crippen molar-refractivity contribution in [2.45, 2.75) is 53.4 Å². The van der Waals surface area contributed by atoms with Crippen molar-refractivity contribution < 1.29 is 43.2 Å². The van der Waals surface area contributed by atoms with Crippen molar-refractivity contribution >= 4 is 74.1 Å². The zero-order valence-electron chi connectivity index (χ0n) is 30.9. The number of fused-ring (bicyclic) bond motifs is 3. The van der Waals surface area contributed by atoms with Gasteiger partial charge in [-0.05, 0) is 12.1 Å². The first-order valence-electron chi connectivity index (χ1n) is 17.2. The van der Waals surface area contributed by atoms with E-state index in [1.807, 2.05) is 19.9 Å². The highest BCUT2D eigenvalue weighted by atomic mass is 16.5. The minimum absolute atomic E-state index is 0. The number of aliphatic hydroxyl groups is 1. The van der Waals surface area contributed by atoms with E-state index in [4.69, 9.17) is 47.0 Å². The van der Waals surface area contributed by atoms with Gasteiger partial charge in [-0.1, -0.05) is 27.3 Å². The van der Waals surface area contributed by atoms with E-state index in [1.54, 1.807) is 18.2 Å². The van der Waals surface area contributed by atoms with Gasteiger partial charge in [0.05, 0.1) is 26.9 Å². The molecule has 0 spiro atoms. The number of Topliss-reactive ketones (excluding diaryl/α,β-unsaturated/α-hetero) is 3. The van der Waals surface area contributed by atoms with Gasteiger partial charge in [0.1, 0.15) is 29.2 Å². The van der Waals surface area contributed by atoms with Crippen LogP contribution in [0, 0.1) is 0 Å². The summed E-state index contributed by atoms with van der Waals surface area (Å²) < 4.78 is 20.9. The maximum Gasteiger partial charge on any atom is 0.320 e. The van der Waals surface area contributed by atoms with Crippen molar-refractivity contribution in [3.05, 3.63) is 29.8 Å². The summed E-state index contributed by atoms with van der Waals surface area (Å²) in [6.45, 7) is 3.85. The summed E-state index contributed by atoms with van der Waals surface area (Å²) in [5, 5.41) is 9.47. The highest BCUT2D eigenvalue weighted by Crippen LogP contribution is 2.23. The molecule has 0 saturated heterocycles. The van der Waals surface area contributed by atoms with Gasteiger partial charge in [0, 0.05) is 54.6 Å². The minimum atomic E-state index is -0.502. The summed E-state index contributed by atoms with van der Waals surface area (Å²) in [4.78, 5) is 76.6. The molecule has 0 fully saturated rings. The summed E-state index contributed by atoms with van der Waals surface area (Å²) in [5.74, 6) is 0.542. The molecule has 0 unspecified atom stereocenters. The van der Waals surface area contributed by atoms with Crippen LogP contribution >= 0.6 is 0 Å². The van der Waals surface area contributed by atoms with Crippen LogP contribution in [0.5, 0.6) is 23.9 Å². The van der Waals surface area contributed by atoms with Crippen LogP contribution in [0.4, 0.5) is 17.6 Å². The highest BCUT2D eigenvalue weighted by molar-refractivity contribution is 5.97. The average Bonchev–Trinajstić information content (AvgIpc) is 3.91. The minimum Gasteiger partial charge on any atom is -0.478 e. The number of hydrogen-bond donors (Lipinski definition) is 8. The van der Waals surface area contributed by atoms with Gasteiger partial charge < -0.3 is 61.9 Å². The van der Waals surface area contributed by atoms with Crippen LogP contribution in [0.2, 0.25) is 0 Å². The van der Waals surface area contributed by atoms with E-state index in [0.717, 1.165) is 10.9 Å². The SMILES string of the molecule is C.CCC(=O)CCOc1cc2ccc(C(N)=O)cc2[nH]1.CCC(=O)CCOc1nc2nc(OC)nc(N)c2[nH]1.Nc1nc(N)c2[nH]c(OCCC(=O)CO)nc2n1. The molecule has 5 heterocycles. The number of aromatic amines is 3. The molecule has 22 nitrogen and oxygen atoms in total. The van der Waals surface area contributed by atoms with E-state index >= 15 is 0 Å². The average molecular weight is 794 g/mol. The maximum atomic E-state index is 11.2. The van der Waals surface area contributed by atoms with Crippen molar-refractivity contribution in [1.29, 1.82) is 0 Å². The lowest BCUT2D eigenvalue weighted by molar-refractivity contribution is -0.122. The van der Waals surface area contributed by atoms with E-state index < -0.39 is 12.5 Å². The number of nitrogen functional groups attached to an aromatic ring is 3. The van der Waals surface area contributed by atoms with Gasteiger partial charge in [-0.3, -0.25) is 19.2 Å². The van der Waals surface area contributed by atoms with Crippen LogP contribution in [0.15, 0.2) is 24.3 Å². The van der Waals surface area contributed by atoms with Crippen molar-refractivity contribution in [3.8, 4) is 23.9 Å². The maximum absolute atomic E-state index is 11.2. The van der Waals surface area contributed by atoms with Gasteiger partial charge in [-0.2, -0.15) is 29.9 Å². The Morgan fingerprint density at radius 1 is 0.702 bits per heavy atom. The van der Waals surface area contributed by atoms with E-state index in [0.29, 0.717) is 66.1 Å². The zero-order chi connectivity index (χ0) is 40.8. The van der Waals surface area contributed by atoms with Crippen molar-refractivity contribution in [2.75, 3.05) is 50.7 Å². The molecule has 6 rings (SSSR count). The third kappa shape index (κ3) is 12.7. The second-order valence-corrected chi connectivity index (χ2v) is 11.6. The normalized spacial score (nSPS) is 10.5. The Kier molecular flexibility index (Phi) is 16.4. The molecule has 306 valence electrons. The molecule has 5 aromatic heterocycles. The molecule has 0 saturated carbocycles. The second-order valence-electron chi connectivity index (χ2n) is 11.6. The summed E-state index contributed by atoms with van der Waals surface area (Å²) in [7, 11) is 1.45. The lowest BCUT2D eigenvalue weighted by Crippen LogP contribution is -2.10. The van der Waals surface area contributed by atoms with Gasteiger partial charge in [0.2, 0.25) is 11.9 Å². The zero-order valence-corrected chi connectivity index (χ0v) is 30.9. The standard InChI is InChI=1S/C14H16N2O3.C11H15N5O3.C9H12N6O3.CH4/c1-2-11(17)5-6-19-13-8-9-3-4-10(14(15)18)7-12(9)16-13;1-3-6(17)4-5-19-11-13-7-8(12)14-10(18-2)15-9(7)16-11;10-6-5-7(14-8(11)13-6)15-9(12-5)18-2-1-4(17)3-16;/h3-4,7-8,16H,2,5-6H2,1H3,(H2,15,18);3-5H2,1-2H3,(H3,12,13,14,15,16);16H,1-3H2,(H5,10,11,12,13,14,15);1H4. The van der Waals surface area contributed by atoms with Crippen LogP contribution < -0.4 is 41.9 Å². The Balaban J connectivity index is 0.000000227. The molecular formula is C35H47N13O9. The molecule has 1 aromatic carbocycles. The fourth-order valence-electron chi connectivity index (χ4n) is 4.58. The molecular weight excluding hydrogens is 746 g/mol. The summed E-state index contributed by atoms with van der Waals surface area (Å²) in [6.07, 6.45) is 1.87. The van der Waals surface area contributed by atoms with E-state index in [2.05, 4.69) is 44.9 Å². The lowest BCUT2D eigenvalue weighted by Gasteiger charge is -2.01. The van der Waals surface area contributed by atoms with Crippen LogP contribution in [0.25, 0.3) is 33.2 Å². The molecule has 12 N–H and O–H groups in total. The molecule has 1 amide bonds. The van der Waals surface area contributed by atoms with Gasteiger partial charge in [-0.15, -0.1) is 0 Å². The Hall–Kier alpha value is -7.10. The first-order chi connectivity index (χ1) is 26.8. The Morgan fingerprint density at radius 2 is 1.25 bits per heavy atom. The van der Waals surface area contributed by atoms with E-state index in [1.165, 1.54) is 7.11 Å². The number of nitrogens with one attached hydrogen (secondary N) is 3. The number of ether oxygens (including phenoxy) is 4. The van der Waals surface area contributed by atoms with Crippen LogP contribution in [-0.4, -0.2) is 107 Å². The number of carbonyl (C=O) groups excluding carboxylic acids is 4. The number of methoxy groups -OCH3 is 1. The van der Waals surface area contributed by atoms with Gasteiger partial charge in [-0.25, -0.2) is 0 Å². The van der Waals surface area contributed by atoms with Crippen molar-refractivity contribution in [2.24, 2.45) is 5.73 Å². The number of aromatic nitrogens is 9. The van der Waals surface area contributed by atoms with Gasteiger partial charge >= 0.3 is 6.01 Å². The fraction of sp³-hybridized carbons (Fsp3) is 0.371. The van der Waals surface area contributed by atoms with Crippen molar-refractivity contribution in [3.63, 3.8) is 0 Å². The number of nitrogens with zero attached hydrogens (tertiary/aromatic N) is 6. The number of ketones is 3. The van der Waals surface area contributed by atoms with E-state index in [-0.39, 0.29) is 80.0 Å². The summed E-state index contributed by atoms with van der Waals surface area (Å²) in [6, 6.07) is 7.55. The largest absolute Gasteiger partial charge is 0.478 e. The lowest BCUT2D eigenvalue weighted by atomic mass is 10.1. The number of benzene rings is 1. The quantitative estimate of drug-likeness (QED) is 0.0656. The predicted octanol–water partition coefficient (Wildman–Crippen LogP) is 2.19. The van der Waals surface area contributed by atoms with E-state index in [9.17, 15) is 19.2 Å². The van der Waals surface area contributed by atoms with Crippen LogP contribution in [0.3, 0.4) is 0 Å². The number of aliphatic hydroxyl groups excluding tert-OH is 1. The molecule has 0 aliphatic heterocycles. The predicted molar refractivity (Wildman–Crippen MR) is 210 cm³/mol. The molecule has 0 atom stereocenters. The Bertz CT molecular complexity index is 2300. The number of amides is 1. The molecule has 0 bridgehead atoms. The monoisotopic (exact) mass is 793 g/mol. The van der Waals surface area contributed by atoms with Crippen LogP contribution in [0.1, 0.15) is 63.7 Å². The number of anilines is 3. The topological polar surface area (TPSA) is 354 Å². The smallest absolute Gasteiger partial charge is 0.320 e. The molecule has 6 aromatic rings. The van der Waals surface area contributed by atoms with Gasteiger partial charge in [0.25, 0.3) is 12.0 Å². The molecule has 57 heavy (non-hydrogen) atoms. The summed E-state index contributed by atoms with van der Waals surface area (Å²) in [5.41, 5.74) is 24.8. The van der Waals surface area contributed by atoms with Crippen LogP contribution in [-0.2, 0) is 14.4 Å². The first kappa shape index (κ1) is 44.3. The Labute approximate surface area is 325 Å². The first-order valence-corrected chi connectivity index (χ1v) is 17.2. The number of H-pyrrole nitrogens is 3. The third-order valence-corrected chi connectivity index (χ3v) is 7.62. The molecule has 0 aliphatic rings. The number of nitrogens with two attached hydrogens (primary N) is 4. The Morgan fingerprint density at radius 3 is 1.79 bits per heavy atom. The molecule has 0 aliphatic carbocycles. The van der Waals surface area contributed by atoms with Gasteiger partial charge in [0.15, 0.2) is 34.6 Å². The number of rotatable bonds is 17. The summed E-state index contributed by atoms with van der Waals surface area (Å²) >= 11 is 0. The number of hydrogen-bond acceptors (Lipinski definition) is 18. The molecule has 22 heteroatoms. The highest BCUT2D eigenvalue weighted by Gasteiger charge is 2.13. The second kappa shape index (κ2) is 21.1. The number of primary amides is 1.